The number of hydrogen-bond donors (Lipinski definition) is 1. The smallest absolute Gasteiger partial charge is 0.263 e. The highest BCUT2D eigenvalue weighted by molar-refractivity contribution is 7.90. The number of sulfonamides is 1. The lowest BCUT2D eigenvalue weighted by molar-refractivity contribution is -0.134. The molecule has 0 bridgehead atoms. The summed E-state index contributed by atoms with van der Waals surface area (Å²) in [6.07, 6.45) is 1.52. The van der Waals surface area contributed by atoms with Crippen molar-refractivity contribution in [2.75, 3.05) is 32.8 Å². The molecule has 35 heavy (non-hydrogen) atoms. The van der Waals surface area contributed by atoms with Gasteiger partial charge in [-0.05, 0) is 41.7 Å². The van der Waals surface area contributed by atoms with Crippen molar-refractivity contribution >= 4 is 21.8 Å². The number of carbonyl (C=O) groups is 1. The van der Waals surface area contributed by atoms with Gasteiger partial charge in [-0.3, -0.25) is 19.4 Å². The number of amidine groups is 1. The lowest BCUT2D eigenvalue weighted by Crippen LogP contribution is -2.51. The van der Waals surface area contributed by atoms with Crippen LogP contribution < -0.4 is 9.46 Å². The molecule has 0 aliphatic carbocycles. The third-order valence-corrected chi connectivity index (χ3v) is 8.17. The maximum absolute atomic E-state index is 13.5. The molecule has 186 valence electrons. The topological polar surface area (TPSA) is 91.3 Å². The van der Waals surface area contributed by atoms with Crippen molar-refractivity contribution in [3.05, 3.63) is 59.2 Å². The Morgan fingerprint density at radius 2 is 1.89 bits per heavy atom. The molecular weight excluding hydrogens is 464 g/mol. The Hall–Kier alpha value is -2.91. The Kier molecular flexibility index (Phi) is 6.55. The van der Waals surface area contributed by atoms with Crippen LogP contribution in [0.4, 0.5) is 0 Å². The summed E-state index contributed by atoms with van der Waals surface area (Å²) in [5, 5.41) is 0. The van der Waals surface area contributed by atoms with Gasteiger partial charge in [-0.2, -0.15) is 0 Å². The summed E-state index contributed by atoms with van der Waals surface area (Å²) < 4.78 is 33.1. The van der Waals surface area contributed by atoms with Crippen molar-refractivity contribution in [2.24, 2.45) is 10.9 Å². The van der Waals surface area contributed by atoms with E-state index in [0.717, 1.165) is 38.4 Å². The Labute approximate surface area is 207 Å². The van der Waals surface area contributed by atoms with E-state index in [4.69, 9.17) is 4.74 Å². The fourth-order valence-corrected chi connectivity index (χ4v) is 6.21. The summed E-state index contributed by atoms with van der Waals surface area (Å²) in [6.45, 7) is 8.56. The maximum atomic E-state index is 13.5. The largest absolute Gasteiger partial charge is 0.493 e. The lowest BCUT2D eigenvalue weighted by atomic mass is 10.0. The van der Waals surface area contributed by atoms with Crippen LogP contribution in [0.15, 0.2) is 52.4 Å². The number of amides is 1. The first-order chi connectivity index (χ1) is 16.8. The summed E-state index contributed by atoms with van der Waals surface area (Å²) in [6, 6.07) is 12.5. The number of aliphatic imine (C=N–C) groups is 1. The zero-order valence-electron chi connectivity index (χ0n) is 20.2. The van der Waals surface area contributed by atoms with Crippen molar-refractivity contribution < 1.29 is 17.9 Å². The second kappa shape index (κ2) is 9.62. The number of hydrogen-bond acceptors (Lipinski definition) is 6. The van der Waals surface area contributed by atoms with Crippen LogP contribution in [0.5, 0.6) is 5.75 Å². The first-order valence-electron chi connectivity index (χ1n) is 12.3. The van der Waals surface area contributed by atoms with Gasteiger partial charge in [-0.1, -0.05) is 38.1 Å². The van der Waals surface area contributed by atoms with Gasteiger partial charge in [0, 0.05) is 44.7 Å². The molecule has 0 unspecified atom stereocenters. The predicted octanol–water partition coefficient (Wildman–Crippen LogP) is 2.42. The summed E-state index contributed by atoms with van der Waals surface area (Å²) in [4.78, 5) is 22.6. The van der Waals surface area contributed by atoms with Gasteiger partial charge in [0.25, 0.3) is 10.0 Å². The average Bonchev–Trinajstić information content (AvgIpc) is 3.40. The molecule has 0 radical (unpaired) electrons. The third-order valence-electron chi connectivity index (χ3n) is 6.77. The van der Waals surface area contributed by atoms with Gasteiger partial charge in [-0.25, -0.2) is 8.42 Å². The standard InChI is InChI=1S/C26H32N4O4S/c1-18(2)15-22(27-25-21-5-3-4-6-24(21)35(32,33)28-25)26(31)30-12-10-29(11-13-30)17-19-7-8-23-20(16-19)9-14-34-23/h3-8,16,18,22H,9-15,17H2,1-2H3,(H,27,28)/t22-/m1/s1. The monoisotopic (exact) mass is 496 g/mol. The van der Waals surface area contributed by atoms with E-state index in [-0.39, 0.29) is 22.6 Å². The maximum Gasteiger partial charge on any atom is 0.263 e. The van der Waals surface area contributed by atoms with Crippen LogP contribution >= 0.6 is 0 Å². The highest BCUT2D eigenvalue weighted by atomic mass is 32.2. The highest BCUT2D eigenvalue weighted by Crippen LogP contribution is 2.27. The van der Waals surface area contributed by atoms with E-state index in [2.05, 4.69) is 32.8 Å². The average molecular weight is 497 g/mol. The van der Waals surface area contributed by atoms with Gasteiger partial charge >= 0.3 is 0 Å². The van der Waals surface area contributed by atoms with E-state index < -0.39 is 16.1 Å². The molecule has 1 fully saturated rings. The summed E-state index contributed by atoms with van der Waals surface area (Å²) >= 11 is 0. The molecule has 2 aromatic rings. The second-order valence-corrected chi connectivity index (χ2v) is 11.5. The molecule has 1 atom stereocenters. The Bertz CT molecular complexity index is 1250. The quantitative estimate of drug-likeness (QED) is 0.663. The Morgan fingerprint density at radius 3 is 2.66 bits per heavy atom. The molecule has 1 amide bonds. The van der Waals surface area contributed by atoms with E-state index in [0.29, 0.717) is 25.1 Å². The summed E-state index contributed by atoms with van der Waals surface area (Å²) in [5.41, 5.74) is 3.07. The Morgan fingerprint density at radius 1 is 1.11 bits per heavy atom. The lowest BCUT2D eigenvalue weighted by Gasteiger charge is -2.36. The van der Waals surface area contributed by atoms with E-state index in [1.54, 1.807) is 24.3 Å². The van der Waals surface area contributed by atoms with E-state index in [9.17, 15) is 13.2 Å². The first-order valence-corrected chi connectivity index (χ1v) is 13.7. The van der Waals surface area contributed by atoms with Crippen LogP contribution in [0.1, 0.15) is 37.0 Å². The molecule has 1 N–H and O–H groups in total. The molecule has 0 aromatic heterocycles. The molecule has 8 nitrogen and oxygen atoms in total. The zero-order valence-corrected chi connectivity index (χ0v) is 21.1. The molecule has 5 rings (SSSR count). The fourth-order valence-electron chi connectivity index (χ4n) is 4.97. The number of fused-ring (bicyclic) bond motifs is 2. The van der Waals surface area contributed by atoms with Gasteiger partial charge in [0.05, 0.1) is 11.5 Å². The molecule has 3 aliphatic rings. The minimum absolute atomic E-state index is 0.0379. The van der Waals surface area contributed by atoms with Crippen LogP contribution in [0.3, 0.4) is 0 Å². The number of nitrogens with one attached hydrogen (secondary N) is 1. The molecule has 9 heteroatoms. The predicted molar refractivity (Wildman–Crippen MR) is 134 cm³/mol. The normalized spacial score (nSPS) is 20.9. The number of benzene rings is 2. The van der Waals surface area contributed by atoms with Crippen LogP contribution in [0, 0.1) is 5.92 Å². The third kappa shape index (κ3) is 5.06. The Balaban J connectivity index is 1.26. The summed E-state index contributed by atoms with van der Waals surface area (Å²) in [5.74, 6) is 1.46. The molecule has 3 heterocycles. The van der Waals surface area contributed by atoms with Gasteiger partial charge in [0.2, 0.25) is 5.91 Å². The molecule has 0 saturated carbocycles. The fraction of sp³-hybridized carbons (Fsp3) is 0.462. The molecule has 2 aromatic carbocycles. The van der Waals surface area contributed by atoms with Crippen molar-refractivity contribution in [3.63, 3.8) is 0 Å². The molecular formula is C26H32N4O4S. The van der Waals surface area contributed by atoms with Gasteiger partial charge in [0.1, 0.15) is 17.6 Å². The van der Waals surface area contributed by atoms with Crippen LogP contribution in [-0.4, -0.2) is 68.8 Å². The van der Waals surface area contributed by atoms with E-state index >= 15 is 0 Å². The van der Waals surface area contributed by atoms with Crippen molar-refractivity contribution in [3.8, 4) is 5.75 Å². The number of piperazine rings is 1. The number of rotatable bonds is 6. The molecule has 3 aliphatic heterocycles. The van der Waals surface area contributed by atoms with Gasteiger partial charge in [0.15, 0.2) is 0 Å². The van der Waals surface area contributed by atoms with Crippen LogP contribution in [-0.2, 0) is 27.8 Å². The minimum Gasteiger partial charge on any atom is -0.493 e. The zero-order chi connectivity index (χ0) is 24.6. The highest BCUT2D eigenvalue weighted by Gasteiger charge is 2.33. The number of ether oxygens (including phenoxy) is 1. The van der Waals surface area contributed by atoms with Crippen LogP contribution in [0.2, 0.25) is 0 Å². The molecule has 0 spiro atoms. The van der Waals surface area contributed by atoms with Crippen molar-refractivity contribution in [2.45, 2.75) is 44.2 Å². The van der Waals surface area contributed by atoms with E-state index in [1.165, 1.54) is 11.1 Å². The van der Waals surface area contributed by atoms with Crippen molar-refractivity contribution in [1.29, 1.82) is 0 Å². The van der Waals surface area contributed by atoms with Crippen LogP contribution in [0.25, 0.3) is 0 Å². The molecule has 1 saturated heterocycles. The van der Waals surface area contributed by atoms with Crippen molar-refractivity contribution in [1.82, 2.24) is 14.5 Å². The first kappa shape index (κ1) is 23.8. The van der Waals surface area contributed by atoms with Gasteiger partial charge in [-0.15, -0.1) is 0 Å². The number of nitrogens with zero attached hydrogens (tertiary/aromatic N) is 3. The minimum atomic E-state index is -3.64. The second-order valence-electron chi connectivity index (χ2n) is 9.87. The van der Waals surface area contributed by atoms with Gasteiger partial charge < -0.3 is 9.64 Å². The van der Waals surface area contributed by atoms with E-state index in [1.807, 2.05) is 18.7 Å². The number of carbonyl (C=O) groups excluding carboxylic acids is 1. The summed E-state index contributed by atoms with van der Waals surface area (Å²) in [7, 11) is -3.64. The SMILES string of the molecule is CC(C)C[C@@H](N=C1NS(=O)(=O)c2ccccc21)C(=O)N1CCN(Cc2ccc3c(c2)CCO3)CC1.